The fraction of sp³-hybridized carbons (Fsp3) is 0. The van der Waals surface area contributed by atoms with E-state index in [1.54, 1.807) is 0 Å². The average molecular weight is 611 g/mol. The molecule has 0 amide bonds. The number of hydrogen-bond donors (Lipinski definition) is 0. The minimum absolute atomic E-state index is 0.559. The van der Waals surface area contributed by atoms with Crippen LogP contribution in [0.2, 0.25) is 0 Å². The van der Waals surface area contributed by atoms with E-state index in [1.807, 2.05) is 30.3 Å². The van der Waals surface area contributed by atoms with E-state index in [4.69, 9.17) is 6.57 Å². The lowest BCUT2D eigenvalue weighted by Gasteiger charge is -2.19. The van der Waals surface area contributed by atoms with Gasteiger partial charge in [0.1, 0.15) is 0 Å². The minimum atomic E-state index is 0.559. The predicted octanol–water partition coefficient (Wildman–Crippen LogP) is 11.6. The van der Waals surface area contributed by atoms with Crippen molar-refractivity contribution in [3.8, 4) is 39.7 Å². The summed E-state index contributed by atoms with van der Waals surface area (Å²) in [4.78, 5) is 3.81. The molecule has 0 aliphatic heterocycles. The first-order chi connectivity index (χ1) is 23.7. The summed E-state index contributed by atoms with van der Waals surface area (Å²) in [6.07, 6.45) is 0. The van der Waals surface area contributed by atoms with Crippen LogP contribution >= 0.6 is 0 Å². The number of rotatable bonds is 4. The predicted molar refractivity (Wildman–Crippen MR) is 197 cm³/mol. The van der Waals surface area contributed by atoms with E-state index < -0.39 is 0 Å². The topological polar surface area (TPSA) is 38.0 Å². The van der Waals surface area contributed by atoms with Gasteiger partial charge < -0.3 is 9.13 Å². The highest BCUT2D eigenvalue weighted by molar-refractivity contribution is 6.11. The van der Waals surface area contributed by atoms with Crippen LogP contribution in [0.3, 0.4) is 0 Å². The van der Waals surface area contributed by atoms with E-state index in [9.17, 15) is 5.26 Å². The number of para-hydroxylation sites is 4. The summed E-state index contributed by atoms with van der Waals surface area (Å²) in [6.45, 7) is 7.86. The Hall–Kier alpha value is -6.88. The van der Waals surface area contributed by atoms with Gasteiger partial charge in [-0.3, -0.25) is 0 Å². The lowest BCUT2D eigenvalue weighted by Crippen LogP contribution is -1.99. The summed E-state index contributed by atoms with van der Waals surface area (Å²) >= 11 is 0. The van der Waals surface area contributed by atoms with Crippen LogP contribution in [-0.2, 0) is 0 Å². The number of nitriles is 1. The standard InChI is InChI=1S/C44H26N4/c1-46-31-23-26-37(43(27-31)48-41-19-8-4-14-35(41)36-15-5-9-20-42(36)48)38-16-10-11-30(28-45)44(38)29-21-24-32(25-22-29)47-39-17-6-2-12-33(39)34-13-3-7-18-40(34)47/h2-27H. The molecule has 4 nitrogen and oxygen atoms in total. The summed E-state index contributed by atoms with van der Waals surface area (Å²) in [5.74, 6) is 0. The van der Waals surface area contributed by atoms with Crippen LogP contribution in [-0.4, -0.2) is 9.13 Å². The van der Waals surface area contributed by atoms with Crippen molar-refractivity contribution >= 4 is 49.3 Å². The van der Waals surface area contributed by atoms with Gasteiger partial charge in [-0.2, -0.15) is 5.26 Å². The highest BCUT2D eigenvalue weighted by Gasteiger charge is 2.20. The summed E-state index contributed by atoms with van der Waals surface area (Å²) < 4.78 is 4.55. The first kappa shape index (κ1) is 27.4. The van der Waals surface area contributed by atoms with Crippen molar-refractivity contribution in [1.29, 1.82) is 5.26 Å². The van der Waals surface area contributed by atoms with Gasteiger partial charge in [-0.15, -0.1) is 0 Å². The third-order valence-corrected chi connectivity index (χ3v) is 9.40. The highest BCUT2D eigenvalue weighted by atomic mass is 15.0. The fourth-order valence-electron chi connectivity index (χ4n) is 7.34. The van der Waals surface area contributed by atoms with Gasteiger partial charge in [0.15, 0.2) is 5.69 Å². The van der Waals surface area contributed by atoms with Crippen molar-refractivity contribution < 1.29 is 0 Å². The van der Waals surface area contributed by atoms with Gasteiger partial charge in [0.25, 0.3) is 0 Å². The molecule has 48 heavy (non-hydrogen) atoms. The molecule has 9 aromatic rings. The van der Waals surface area contributed by atoms with Crippen LogP contribution in [0, 0.1) is 17.9 Å². The Bertz CT molecular complexity index is 2690. The maximum Gasteiger partial charge on any atom is 0.189 e. The second kappa shape index (κ2) is 10.9. The molecule has 222 valence electrons. The number of aromatic nitrogens is 2. The van der Waals surface area contributed by atoms with Gasteiger partial charge in [-0.1, -0.05) is 109 Å². The zero-order valence-electron chi connectivity index (χ0n) is 25.8. The molecule has 0 saturated heterocycles. The Balaban J connectivity index is 1.27. The molecule has 0 radical (unpaired) electrons. The first-order valence-electron chi connectivity index (χ1n) is 15.9. The van der Waals surface area contributed by atoms with Gasteiger partial charge in [0, 0.05) is 44.0 Å². The fourth-order valence-corrected chi connectivity index (χ4v) is 7.34. The van der Waals surface area contributed by atoms with Crippen molar-refractivity contribution in [3.05, 3.63) is 175 Å². The van der Waals surface area contributed by atoms with Crippen LogP contribution < -0.4 is 0 Å². The van der Waals surface area contributed by atoms with E-state index >= 15 is 0 Å². The Morgan fingerprint density at radius 3 is 1.54 bits per heavy atom. The SMILES string of the molecule is [C-]#[N+]c1ccc(-c2cccc(C#N)c2-c2ccc(-n3c4ccccc4c4ccccc43)cc2)c(-n2c3ccccc3c3ccccc32)c1. The number of hydrogen-bond acceptors (Lipinski definition) is 1. The van der Waals surface area contributed by atoms with Crippen LogP contribution in [0.5, 0.6) is 0 Å². The lowest BCUT2D eigenvalue weighted by molar-refractivity contribution is 1.18. The summed E-state index contributed by atoms with van der Waals surface area (Å²) in [5.41, 5.74) is 11.3. The highest BCUT2D eigenvalue weighted by Crippen LogP contribution is 2.42. The second-order valence-corrected chi connectivity index (χ2v) is 11.9. The molecular weight excluding hydrogens is 585 g/mol. The largest absolute Gasteiger partial charge is 0.310 e. The third-order valence-electron chi connectivity index (χ3n) is 9.40. The van der Waals surface area contributed by atoms with Crippen LogP contribution in [0.4, 0.5) is 5.69 Å². The van der Waals surface area contributed by atoms with Crippen LogP contribution in [0.1, 0.15) is 5.56 Å². The van der Waals surface area contributed by atoms with Crippen LogP contribution in [0.25, 0.3) is 82.1 Å². The van der Waals surface area contributed by atoms with Crippen LogP contribution in [0.15, 0.2) is 158 Å². The molecule has 0 aliphatic carbocycles. The van der Waals surface area contributed by atoms with Gasteiger partial charge in [0.2, 0.25) is 0 Å². The van der Waals surface area contributed by atoms with E-state index in [-0.39, 0.29) is 0 Å². The maximum absolute atomic E-state index is 10.4. The molecule has 0 N–H and O–H groups in total. The van der Waals surface area contributed by atoms with E-state index in [1.165, 1.54) is 10.8 Å². The number of benzene rings is 7. The molecule has 0 unspecified atom stereocenters. The molecule has 2 aromatic heterocycles. The summed E-state index contributed by atoms with van der Waals surface area (Å²) in [7, 11) is 0. The van der Waals surface area contributed by atoms with E-state index in [0.29, 0.717) is 11.3 Å². The molecule has 0 fully saturated rings. The van der Waals surface area contributed by atoms with Gasteiger partial charge >= 0.3 is 0 Å². The molecule has 2 heterocycles. The van der Waals surface area contributed by atoms with Crippen molar-refractivity contribution in [2.75, 3.05) is 0 Å². The summed E-state index contributed by atoms with van der Waals surface area (Å²) in [5, 5.41) is 15.1. The molecular formula is C44H26N4. The van der Waals surface area contributed by atoms with Crippen molar-refractivity contribution in [2.45, 2.75) is 0 Å². The lowest BCUT2D eigenvalue weighted by atomic mass is 9.89. The maximum atomic E-state index is 10.4. The Morgan fingerprint density at radius 2 is 1.02 bits per heavy atom. The van der Waals surface area contributed by atoms with Crippen molar-refractivity contribution in [2.24, 2.45) is 0 Å². The summed E-state index contributed by atoms with van der Waals surface area (Å²) in [6, 6.07) is 56.5. The van der Waals surface area contributed by atoms with Gasteiger partial charge in [0.05, 0.1) is 40.3 Å². The minimum Gasteiger partial charge on any atom is -0.310 e. The van der Waals surface area contributed by atoms with E-state index in [2.05, 4.69) is 147 Å². The monoisotopic (exact) mass is 610 g/mol. The quantitative estimate of drug-likeness (QED) is 0.183. The molecule has 0 aliphatic rings. The Labute approximate surface area is 277 Å². The van der Waals surface area contributed by atoms with Crippen molar-refractivity contribution in [1.82, 2.24) is 9.13 Å². The zero-order chi connectivity index (χ0) is 32.2. The normalized spacial score (nSPS) is 11.3. The molecule has 7 aromatic carbocycles. The molecule has 0 saturated carbocycles. The first-order valence-corrected chi connectivity index (χ1v) is 15.9. The Morgan fingerprint density at radius 1 is 0.500 bits per heavy atom. The molecule has 9 rings (SSSR count). The van der Waals surface area contributed by atoms with Gasteiger partial charge in [-0.05, 0) is 59.7 Å². The molecule has 4 heteroatoms. The zero-order valence-corrected chi connectivity index (χ0v) is 25.8. The number of fused-ring (bicyclic) bond motifs is 6. The molecule has 0 bridgehead atoms. The van der Waals surface area contributed by atoms with Crippen molar-refractivity contribution in [3.63, 3.8) is 0 Å². The number of nitrogens with zero attached hydrogens (tertiary/aromatic N) is 4. The van der Waals surface area contributed by atoms with E-state index in [0.717, 1.165) is 66.5 Å². The smallest absolute Gasteiger partial charge is 0.189 e. The average Bonchev–Trinajstić information content (AvgIpc) is 3.67. The molecule has 0 atom stereocenters. The molecule has 0 spiro atoms. The van der Waals surface area contributed by atoms with Gasteiger partial charge in [-0.25, -0.2) is 4.85 Å². The Kier molecular flexibility index (Phi) is 6.22. The second-order valence-electron chi connectivity index (χ2n) is 11.9. The third kappa shape index (κ3) is 4.07.